The standard InChI is InChI=1S/C21H21N5O2/c1-14-11-25(21(27)28-13-15-5-3-2-4-6-15)12-16(14)18-9-23-19-10-24-20-17(26(18)19)7-8-22-20/h2-10,14,16,22H,11-13H2,1H3/t14-,16?/m1/s1. The second kappa shape index (κ2) is 6.67. The number of H-pyrrole nitrogens is 1. The summed E-state index contributed by atoms with van der Waals surface area (Å²) in [7, 11) is 0. The van der Waals surface area contributed by atoms with Gasteiger partial charge in [0.2, 0.25) is 0 Å². The summed E-state index contributed by atoms with van der Waals surface area (Å²) in [6.07, 6.45) is 5.30. The summed E-state index contributed by atoms with van der Waals surface area (Å²) in [4.78, 5) is 26.5. The third-order valence-electron chi connectivity index (χ3n) is 5.53. The van der Waals surface area contributed by atoms with Crippen LogP contribution in [0, 0.1) is 5.92 Å². The van der Waals surface area contributed by atoms with Gasteiger partial charge in [0.25, 0.3) is 0 Å². The zero-order chi connectivity index (χ0) is 19.1. The van der Waals surface area contributed by atoms with Crippen LogP contribution in [0.5, 0.6) is 0 Å². The molecule has 142 valence electrons. The molecule has 7 heteroatoms. The molecule has 0 saturated carbocycles. The number of imidazole rings is 1. The predicted octanol–water partition coefficient (Wildman–Crippen LogP) is 3.58. The van der Waals surface area contributed by atoms with Crippen molar-refractivity contribution in [2.45, 2.75) is 19.4 Å². The van der Waals surface area contributed by atoms with Crippen LogP contribution in [0.4, 0.5) is 4.79 Å². The van der Waals surface area contributed by atoms with Gasteiger partial charge in [-0.15, -0.1) is 0 Å². The molecule has 4 heterocycles. The lowest BCUT2D eigenvalue weighted by Gasteiger charge is -2.16. The molecule has 1 unspecified atom stereocenters. The Hall–Kier alpha value is -3.35. The largest absolute Gasteiger partial charge is 0.445 e. The number of aromatic nitrogens is 4. The summed E-state index contributed by atoms with van der Waals surface area (Å²) in [5.74, 6) is 0.506. The lowest BCUT2D eigenvalue weighted by molar-refractivity contribution is 0.103. The summed E-state index contributed by atoms with van der Waals surface area (Å²) in [5, 5.41) is 0. The molecule has 1 fully saturated rings. The fourth-order valence-corrected chi connectivity index (χ4v) is 4.07. The van der Waals surface area contributed by atoms with Gasteiger partial charge in [-0.25, -0.2) is 14.8 Å². The minimum absolute atomic E-state index is 0.194. The Morgan fingerprint density at radius 1 is 1.18 bits per heavy atom. The number of hydrogen-bond donors (Lipinski definition) is 1. The molecular weight excluding hydrogens is 354 g/mol. The lowest BCUT2D eigenvalue weighted by Crippen LogP contribution is -2.29. The number of likely N-dealkylation sites (tertiary alicyclic amines) is 1. The second-order valence-corrected chi connectivity index (χ2v) is 7.38. The zero-order valence-corrected chi connectivity index (χ0v) is 15.6. The number of nitrogens with one attached hydrogen (secondary N) is 1. The van der Waals surface area contributed by atoms with Gasteiger partial charge in [0.1, 0.15) is 6.61 Å². The van der Waals surface area contributed by atoms with Crippen molar-refractivity contribution in [3.63, 3.8) is 0 Å². The fraction of sp³-hybridized carbons (Fsp3) is 0.286. The van der Waals surface area contributed by atoms with E-state index in [0.29, 0.717) is 25.6 Å². The molecule has 1 amide bonds. The fourth-order valence-electron chi connectivity index (χ4n) is 4.07. The molecule has 1 aromatic carbocycles. The van der Waals surface area contributed by atoms with Gasteiger partial charge in [-0.05, 0) is 17.5 Å². The molecule has 3 aromatic heterocycles. The molecule has 1 N–H and O–H groups in total. The zero-order valence-electron chi connectivity index (χ0n) is 15.6. The van der Waals surface area contributed by atoms with Crippen LogP contribution in [0.2, 0.25) is 0 Å². The average molecular weight is 375 g/mol. The van der Waals surface area contributed by atoms with Crippen LogP contribution in [0.25, 0.3) is 16.8 Å². The molecule has 1 aliphatic heterocycles. The number of carbonyl (C=O) groups is 1. The van der Waals surface area contributed by atoms with E-state index in [4.69, 9.17) is 4.74 Å². The predicted molar refractivity (Wildman–Crippen MR) is 105 cm³/mol. The first-order valence-electron chi connectivity index (χ1n) is 9.46. The van der Waals surface area contributed by atoms with Crippen molar-refractivity contribution in [2.75, 3.05) is 13.1 Å². The van der Waals surface area contributed by atoms with Crippen LogP contribution in [-0.2, 0) is 11.3 Å². The average Bonchev–Trinajstić information content (AvgIpc) is 3.43. The first kappa shape index (κ1) is 16.8. The number of ether oxygens (including phenoxy) is 1. The number of carbonyl (C=O) groups excluding carboxylic acids is 1. The monoisotopic (exact) mass is 375 g/mol. The minimum atomic E-state index is -0.263. The van der Waals surface area contributed by atoms with Crippen LogP contribution in [0.15, 0.2) is 55.0 Å². The molecular formula is C21H21N5O2. The van der Waals surface area contributed by atoms with Gasteiger partial charge in [0.05, 0.1) is 11.7 Å². The highest BCUT2D eigenvalue weighted by Gasteiger charge is 2.36. The topological polar surface area (TPSA) is 75.5 Å². The van der Waals surface area contributed by atoms with E-state index in [9.17, 15) is 4.79 Å². The molecule has 5 rings (SSSR count). The smallest absolute Gasteiger partial charge is 0.410 e. The van der Waals surface area contributed by atoms with Crippen LogP contribution in [0.1, 0.15) is 24.1 Å². The van der Waals surface area contributed by atoms with E-state index >= 15 is 0 Å². The normalized spacial score (nSPS) is 19.5. The van der Waals surface area contributed by atoms with Gasteiger partial charge in [-0.2, -0.15) is 0 Å². The molecule has 0 aliphatic carbocycles. The highest BCUT2D eigenvalue weighted by atomic mass is 16.6. The molecule has 0 spiro atoms. The second-order valence-electron chi connectivity index (χ2n) is 7.38. The Balaban J connectivity index is 1.37. The first-order valence-corrected chi connectivity index (χ1v) is 9.46. The SMILES string of the molecule is C[C@@H]1CN(C(=O)OCc2ccccc2)CC1c1cnc2cnc3[nH]ccc3n12. The van der Waals surface area contributed by atoms with Crippen LogP contribution in [0.3, 0.4) is 0 Å². The number of nitrogens with zero attached hydrogens (tertiary/aromatic N) is 4. The molecule has 1 aliphatic rings. The van der Waals surface area contributed by atoms with Gasteiger partial charge in [-0.3, -0.25) is 4.40 Å². The van der Waals surface area contributed by atoms with Gasteiger partial charge < -0.3 is 14.6 Å². The number of amides is 1. The summed E-state index contributed by atoms with van der Waals surface area (Å²) >= 11 is 0. The molecule has 28 heavy (non-hydrogen) atoms. The molecule has 7 nitrogen and oxygen atoms in total. The van der Waals surface area contributed by atoms with Crippen molar-refractivity contribution in [2.24, 2.45) is 5.92 Å². The number of benzene rings is 1. The Kier molecular flexibility index (Phi) is 4.00. The van der Waals surface area contributed by atoms with Crippen molar-refractivity contribution >= 4 is 22.9 Å². The van der Waals surface area contributed by atoms with Crippen molar-refractivity contribution in [1.29, 1.82) is 0 Å². The Morgan fingerprint density at radius 3 is 2.89 bits per heavy atom. The van der Waals surface area contributed by atoms with Gasteiger partial charge in [0, 0.05) is 37.1 Å². The van der Waals surface area contributed by atoms with Crippen LogP contribution in [-0.4, -0.2) is 43.4 Å². The Labute approximate surface area is 162 Å². The van der Waals surface area contributed by atoms with Crippen LogP contribution >= 0.6 is 0 Å². The minimum Gasteiger partial charge on any atom is -0.445 e. The van der Waals surface area contributed by atoms with Gasteiger partial charge in [0.15, 0.2) is 11.3 Å². The summed E-state index contributed by atoms with van der Waals surface area (Å²) in [6.45, 7) is 3.76. The van der Waals surface area contributed by atoms with E-state index in [2.05, 4.69) is 26.3 Å². The van der Waals surface area contributed by atoms with E-state index in [-0.39, 0.29) is 12.0 Å². The van der Waals surface area contributed by atoms with E-state index in [1.54, 1.807) is 11.1 Å². The maximum absolute atomic E-state index is 12.6. The maximum Gasteiger partial charge on any atom is 0.410 e. The van der Waals surface area contributed by atoms with Crippen molar-refractivity contribution in [3.8, 4) is 0 Å². The third kappa shape index (κ3) is 2.79. The summed E-state index contributed by atoms with van der Waals surface area (Å²) in [6, 6.07) is 11.8. The quantitative estimate of drug-likeness (QED) is 0.594. The third-order valence-corrected chi connectivity index (χ3v) is 5.53. The molecule has 0 bridgehead atoms. The summed E-state index contributed by atoms with van der Waals surface area (Å²) < 4.78 is 7.66. The molecule has 2 atom stereocenters. The maximum atomic E-state index is 12.6. The number of fused-ring (bicyclic) bond motifs is 3. The lowest BCUT2D eigenvalue weighted by atomic mass is 9.95. The Bertz CT molecular complexity index is 1130. The molecule has 1 saturated heterocycles. The van der Waals surface area contributed by atoms with E-state index in [1.807, 2.05) is 48.8 Å². The van der Waals surface area contributed by atoms with Gasteiger partial charge >= 0.3 is 6.09 Å². The van der Waals surface area contributed by atoms with Gasteiger partial charge in [-0.1, -0.05) is 37.3 Å². The van der Waals surface area contributed by atoms with E-state index in [0.717, 1.165) is 28.1 Å². The number of aromatic amines is 1. The highest BCUT2D eigenvalue weighted by molar-refractivity contribution is 5.75. The number of rotatable bonds is 3. The highest BCUT2D eigenvalue weighted by Crippen LogP contribution is 2.34. The Morgan fingerprint density at radius 2 is 2.04 bits per heavy atom. The summed E-state index contributed by atoms with van der Waals surface area (Å²) in [5.41, 5.74) is 4.75. The van der Waals surface area contributed by atoms with Crippen LogP contribution < -0.4 is 0 Å². The van der Waals surface area contributed by atoms with Crippen molar-refractivity contribution < 1.29 is 9.53 Å². The van der Waals surface area contributed by atoms with Crippen molar-refractivity contribution in [3.05, 3.63) is 66.2 Å². The first-order chi connectivity index (χ1) is 13.7. The van der Waals surface area contributed by atoms with Crippen molar-refractivity contribution in [1.82, 2.24) is 24.3 Å². The number of hydrogen-bond acceptors (Lipinski definition) is 4. The molecule has 4 aromatic rings. The van der Waals surface area contributed by atoms with E-state index in [1.165, 1.54) is 0 Å². The molecule has 0 radical (unpaired) electrons. The van der Waals surface area contributed by atoms with E-state index < -0.39 is 0 Å².